The number of nitrogens with zero attached hydrogens (tertiary/aromatic N) is 3. The predicted octanol–water partition coefficient (Wildman–Crippen LogP) is 0.964. The van der Waals surface area contributed by atoms with Crippen molar-refractivity contribution in [1.82, 2.24) is 14.7 Å². The molecule has 0 amide bonds. The summed E-state index contributed by atoms with van der Waals surface area (Å²) in [5, 5.41) is 0. The highest BCUT2D eigenvalue weighted by Gasteiger charge is 2.17. The van der Waals surface area contributed by atoms with Crippen molar-refractivity contribution >= 4 is 0 Å². The molecule has 0 atom stereocenters. The molecular weight excluding hydrogens is 267 g/mol. The first-order valence-electron chi connectivity index (χ1n) is 7.65. The molecule has 1 aliphatic rings. The van der Waals surface area contributed by atoms with Gasteiger partial charge in [-0.25, -0.2) is 4.39 Å². The molecule has 1 heterocycles. The predicted molar refractivity (Wildman–Crippen MR) is 84.6 cm³/mol. The Morgan fingerprint density at radius 1 is 1.10 bits per heavy atom. The maximum atomic E-state index is 13.4. The van der Waals surface area contributed by atoms with Crippen molar-refractivity contribution in [3.05, 3.63) is 35.1 Å². The zero-order chi connectivity index (χ0) is 15.2. The van der Waals surface area contributed by atoms with Crippen LogP contribution >= 0.6 is 0 Å². The summed E-state index contributed by atoms with van der Waals surface area (Å²) in [5.74, 6) is -0.174. The van der Waals surface area contributed by atoms with E-state index in [2.05, 4.69) is 28.8 Å². The lowest BCUT2D eigenvalue weighted by molar-refractivity contribution is 0.120. The van der Waals surface area contributed by atoms with E-state index in [1.165, 1.54) is 6.07 Å². The van der Waals surface area contributed by atoms with Crippen molar-refractivity contribution in [2.45, 2.75) is 13.1 Å². The number of rotatable bonds is 6. The molecule has 21 heavy (non-hydrogen) atoms. The van der Waals surface area contributed by atoms with Crippen LogP contribution in [0.25, 0.3) is 0 Å². The van der Waals surface area contributed by atoms with Gasteiger partial charge >= 0.3 is 0 Å². The van der Waals surface area contributed by atoms with Crippen molar-refractivity contribution in [2.75, 3.05) is 53.4 Å². The number of halogens is 1. The summed E-state index contributed by atoms with van der Waals surface area (Å²) in [6.07, 6.45) is 0. The van der Waals surface area contributed by atoms with Crippen LogP contribution in [0.2, 0.25) is 0 Å². The van der Waals surface area contributed by atoms with Gasteiger partial charge in [-0.05, 0) is 37.4 Å². The Hall–Kier alpha value is -1.01. The van der Waals surface area contributed by atoms with Gasteiger partial charge in [-0.15, -0.1) is 0 Å². The van der Waals surface area contributed by atoms with Crippen molar-refractivity contribution in [3.8, 4) is 0 Å². The van der Waals surface area contributed by atoms with Crippen LogP contribution in [0.4, 0.5) is 4.39 Å². The second-order valence-electron chi connectivity index (χ2n) is 6.04. The molecule has 1 fully saturated rings. The van der Waals surface area contributed by atoms with Crippen molar-refractivity contribution in [1.29, 1.82) is 0 Å². The second-order valence-corrected chi connectivity index (χ2v) is 6.04. The van der Waals surface area contributed by atoms with Gasteiger partial charge in [0.15, 0.2) is 0 Å². The molecule has 0 unspecified atom stereocenters. The summed E-state index contributed by atoms with van der Waals surface area (Å²) in [6, 6.07) is 4.92. The summed E-state index contributed by atoms with van der Waals surface area (Å²) >= 11 is 0. The van der Waals surface area contributed by atoms with Gasteiger partial charge in [-0.1, -0.05) is 6.07 Å². The molecule has 0 aliphatic carbocycles. The van der Waals surface area contributed by atoms with Crippen molar-refractivity contribution in [3.63, 3.8) is 0 Å². The maximum Gasteiger partial charge on any atom is 0.123 e. The molecule has 0 spiro atoms. The number of piperazine rings is 1. The number of hydrogen-bond acceptors (Lipinski definition) is 4. The molecule has 1 saturated heterocycles. The minimum atomic E-state index is -0.174. The van der Waals surface area contributed by atoms with E-state index in [0.29, 0.717) is 6.54 Å². The van der Waals surface area contributed by atoms with Gasteiger partial charge in [0.05, 0.1) is 0 Å². The highest BCUT2D eigenvalue weighted by molar-refractivity contribution is 5.27. The van der Waals surface area contributed by atoms with E-state index in [1.807, 2.05) is 0 Å². The lowest BCUT2D eigenvalue weighted by Gasteiger charge is -2.35. The summed E-state index contributed by atoms with van der Waals surface area (Å²) in [5.41, 5.74) is 7.82. The third-order valence-electron chi connectivity index (χ3n) is 4.11. The third-order valence-corrected chi connectivity index (χ3v) is 4.11. The molecule has 118 valence electrons. The minimum absolute atomic E-state index is 0.174. The number of benzene rings is 1. The van der Waals surface area contributed by atoms with Gasteiger partial charge < -0.3 is 10.6 Å². The lowest BCUT2D eigenvalue weighted by Crippen LogP contribution is -2.47. The van der Waals surface area contributed by atoms with Crippen LogP contribution in [0.1, 0.15) is 11.1 Å². The Morgan fingerprint density at radius 2 is 1.76 bits per heavy atom. The summed E-state index contributed by atoms with van der Waals surface area (Å²) < 4.78 is 13.4. The van der Waals surface area contributed by atoms with Gasteiger partial charge in [-0.3, -0.25) is 9.80 Å². The first-order chi connectivity index (χ1) is 10.1. The van der Waals surface area contributed by atoms with Crippen molar-refractivity contribution in [2.24, 2.45) is 5.73 Å². The Bertz CT molecular complexity index is 442. The van der Waals surface area contributed by atoms with E-state index in [-0.39, 0.29) is 5.82 Å². The average molecular weight is 294 g/mol. The molecule has 4 nitrogen and oxygen atoms in total. The fourth-order valence-corrected chi connectivity index (χ4v) is 2.69. The fourth-order valence-electron chi connectivity index (χ4n) is 2.69. The molecule has 1 aliphatic heterocycles. The van der Waals surface area contributed by atoms with Crippen LogP contribution in [-0.4, -0.2) is 68.1 Å². The third kappa shape index (κ3) is 5.04. The van der Waals surface area contributed by atoms with Gasteiger partial charge in [0.25, 0.3) is 0 Å². The highest BCUT2D eigenvalue weighted by atomic mass is 19.1. The van der Waals surface area contributed by atoms with E-state index in [0.717, 1.165) is 56.9 Å². The standard InChI is InChI=1S/C16H27FN4/c1-19(2)5-6-20-7-9-21(10-8-20)13-15-11-16(17)4-3-14(15)12-18/h3-4,11H,5-10,12-13,18H2,1-2H3. The number of hydrogen-bond donors (Lipinski definition) is 1. The fraction of sp³-hybridized carbons (Fsp3) is 0.625. The SMILES string of the molecule is CN(C)CCN1CCN(Cc2cc(F)ccc2CN)CC1. The molecule has 1 aromatic rings. The topological polar surface area (TPSA) is 35.7 Å². The summed E-state index contributed by atoms with van der Waals surface area (Å²) in [7, 11) is 4.21. The smallest absolute Gasteiger partial charge is 0.123 e. The largest absolute Gasteiger partial charge is 0.326 e. The zero-order valence-electron chi connectivity index (χ0n) is 13.2. The number of nitrogens with two attached hydrogens (primary N) is 1. The van der Waals surface area contributed by atoms with Crippen LogP contribution in [0.15, 0.2) is 18.2 Å². The molecule has 0 bridgehead atoms. The minimum Gasteiger partial charge on any atom is -0.326 e. The summed E-state index contributed by atoms with van der Waals surface area (Å²) in [4.78, 5) is 7.10. The zero-order valence-corrected chi connectivity index (χ0v) is 13.2. The average Bonchev–Trinajstić information content (AvgIpc) is 2.47. The van der Waals surface area contributed by atoms with E-state index in [1.54, 1.807) is 12.1 Å². The van der Waals surface area contributed by atoms with Gasteiger partial charge in [0.1, 0.15) is 5.82 Å². The van der Waals surface area contributed by atoms with Crippen LogP contribution in [0, 0.1) is 5.82 Å². The molecule has 2 N–H and O–H groups in total. The van der Waals surface area contributed by atoms with Gasteiger partial charge in [0, 0.05) is 52.4 Å². The Balaban J connectivity index is 1.84. The van der Waals surface area contributed by atoms with Crippen LogP contribution in [-0.2, 0) is 13.1 Å². The molecule has 1 aromatic carbocycles. The quantitative estimate of drug-likeness (QED) is 0.848. The molecule has 0 radical (unpaired) electrons. The van der Waals surface area contributed by atoms with E-state index in [9.17, 15) is 4.39 Å². The Kier molecular flexibility index (Phi) is 6.11. The van der Waals surface area contributed by atoms with Crippen LogP contribution < -0.4 is 5.73 Å². The number of likely N-dealkylation sites (N-methyl/N-ethyl adjacent to an activating group) is 1. The van der Waals surface area contributed by atoms with Gasteiger partial charge in [0.2, 0.25) is 0 Å². The van der Waals surface area contributed by atoms with Crippen molar-refractivity contribution < 1.29 is 4.39 Å². The van der Waals surface area contributed by atoms with E-state index >= 15 is 0 Å². The molecule has 0 saturated carbocycles. The van der Waals surface area contributed by atoms with Gasteiger partial charge in [-0.2, -0.15) is 0 Å². The van der Waals surface area contributed by atoms with Crippen LogP contribution in [0.3, 0.4) is 0 Å². The van der Waals surface area contributed by atoms with E-state index < -0.39 is 0 Å². The Labute approximate surface area is 127 Å². The summed E-state index contributed by atoms with van der Waals surface area (Å²) in [6.45, 7) is 7.73. The normalized spacial score (nSPS) is 17.6. The maximum absolute atomic E-state index is 13.4. The molecular formula is C16H27FN4. The second kappa shape index (κ2) is 7.84. The first kappa shape index (κ1) is 16.4. The lowest BCUT2D eigenvalue weighted by atomic mass is 10.1. The first-order valence-corrected chi connectivity index (χ1v) is 7.65. The monoisotopic (exact) mass is 294 g/mol. The van der Waals surface area contributed by atoms with Crippen LogP contribution in [0.5, 0.6) is 0 Å². The van der Waals surface area contributed by atoms with E-state index in [4.69, 9.17) is 5.73 Å². The molecule has 5 heteroatoms. The Morgan fingerprint density at radius 3 is 2.38 bits per heavy atom. The highest BCUT2D eigenvalue weighted by Crippen LogP contribution is 2.15. The molecule has 2 rings (SSSR count). The molecule has 0 aromatic heterocycles.